The Morgan fingerprint density at radius 2 is 1.73 bits per heavy atom. The van der Waals surface area contributed by atoms with Gasteiger partial charge in [0, 0.05) is 26.5 Å². The van der Waals surface area contributed by atoms with Crippen LogP contribution in [0.1, 0.15) is 21.9 Å². The summed E-state index contributed by atoms with van der Waals surface area (Å²) in [6.07, 6.45) is 0. The zero-order valence-electron chi connectivity index (χ0n) is 21.1. The molecule has 0 bridgehead atoms. The summed E-state index contributed by atoms with van der Waals surface area (Å²) in [6.45, 7) is 1.65. The first-order valence-electron chi connectivity index (χ1n) is 12.4. The van der Waals surface area contributed by atoms with Crippen LogP contribution in [0.4, 0.5) is 11.4 Å². The highest BCUT2D eigenvalue weighted by Crippen LogP contribution is 2.54. The van der Waals surface area contributed by atoms with E-state index < -0.39 is 17.1 Å². The number of aryl methyl sites for hydroxylation is 1. The summed E-state index contributed by atoms with van der Waals surface area (Å²) in [6, 6.07) is 21.6. The van der Waals surface area contributed by atoms with Gasteiger partial charge in [-0.15, -0.1) is 0 Å². The number of rotatable bonds is 6. The molecule has 0 aliphatic carbocycles. The highest BCUT2D eigenvalue weighted by molar-refractivity contribution is 9.10. The number of thioether (sulfide) groups is 1. The number of hydrogen-bond donors (Lipinski definition) is 2. The third-order valence-electron chi connectivity index (χ3n) is 6.94. The van der Waals surface area contributed by atoms with Crippen molar-refractivity contribution in [2.45, 2.75) is 23.1 Å². The zero-order valence-corrected chi connectivity index (χ0v) is 24.3. The van der Waals surface area contributed by atoms with Crippen molar-refractivity contribution in [1.29, 1.82) is 0 Å². The number of carbonyl (C=O) groups excluding carboxylic acids is 3. The van der Waals surface area contributed by atoms with E-state index in [1.165, 1.54) is 16.7 Å². The normalized spacial score (nSPS) is 19.8. The Bertz CT molecular complexity index is 1700. The van der Waals surface area contributed by atoms with E-state index >= 15 is 0 Å². The van der Waals surface area contributed by atoms with Crippen LogP contribution in [-0.2, 0) is 14.4 Å². The van der Waals surface area contributed by atoms with Gasteiger partial charge in [0.1, 0.15) is 11.0 Å². The first-order chi connectivity index (χ1) is 19.3. The second-order valence-corrected chi connectivity index (χ2v) is 12.5. The molecule has 2 aliphatic rings. The van der Waals surface area contributed by atoms with Gasteiger partial charge in [0.2, 0.25) is 11.8 Å². The minimum atomic E-state index is -0.759. The summed E-state index contributed by atoms with van der Waals surface area (Å²) < 4.78 is 6.83. The molecule has 3 amide bonds. The van der Waals surface area contributed by atoms with Gasteiger partial charge in [-0.1, -0.05) is 75.4 Å². The molecule has 0 unspecified atom stereocenters. The summed E-state index contributed by atoms with van der Waals surface area (Å²) >= 11 is 5.64. The number of aromatic amines is 1. The summed E-state index contributed by atoms with van der Waals surface area (Å²) in [7, 11) is 0. The van der Waals surface area contributed by atoms with Crippen LogP contribution < -0.4 is 19.8 Å². The van der Waals surface area contributed by atoms with Crippen molar-refractivity contribution >= 4 is 68.1 Å². The minimum absolute atomic E-state index is 0.255. The summed E-state index contributed by atoms with van der Waals surface area (Å²) in [5.41, 5.74) is 2.75. The van der Waals surface area contributed by atoms with Gasteiger partial charge < -0.3 is 15.0 Å². The molecule has 1 fully saturated rings. The lowest BCUT2D eigenvalue weighted by Gasteiger charge is -2.30. The van der Waals surface area contributed by atoms with Crippen molar-refractivity contribution in [1.82, 2.24) is 4.98 Å². The largest absolute Gasteiger partial charge is 0.483 e. The number of H-pyrrole nitrogens is 1. The van der Waals surface area contributed by atoms with Gasteiger partial charge in [-0.25, -0.2) is 4.90 Å². The number of nitrogens with one attached hydrogen (secondary N) is 2. The Morgan fingerprint density at radius 3 is 2.50 bits per heavy atom. The van der Waals surface area contributed by atoms with Crippen LogP contribution in [-0.4, -0.2) is 34.6 Å². The number of fused-ring (bicyclic) bond motifs is 2. The van der Waals surface area contributed by atoms with Crippen molar-refractivity contribution in [3.8, 4) is 5.75 Å². The third-order valence-corrected chi connectivity index (χ3v) is 9.87. The van der Waals surface area contributed by atoms with Crippen molar-refractivity contribution in [3.05, 3.63) is 103 Å². The lowest BCUT2D eigenvalue weighted by Crippen LogP contribution is -2.32. The second kappa shape index (κ2) is 10.7. The number of halogens is 1. The first kappa shape index (κ1) is 26.5. The van der Waals surface area contributed by atoms with Crippen LogP contribution in [0.25, 0.3) is 0 Å². The smallest absolute Gasteiger partial charge is 0.305 e. The lowest BCUT2D eigenvalue weighted by molar-refractivity contribution is -0.122. The van der Waals surface area contributed by atoms with Gasteiger partial charge in [0.05, 0.1) is 16.6 Å². The molecule has 3 heterocycles. The number of benzene rings is 3. The molecule has 3 atom stereocenters. The molecule has 202 valence electrons. The fraction of sp³-hybridized carbons (Fsp3) is 0.172. The molecule has 1 saturated heterocycles. The monoisotopic (exact) mass is 635 g/mol. The molecule has 11 heteroatoms. The Labute approximate surface area is 245 Å². The molecule has 0 radical (unpaired) electrons. The van der Waals surface area contributed by atoms with Crippen molar-refractivity contribution in [2.24, 2.45) is 5.92 Å². The fourth-order valence-corrected chi connectivity index (χ4v) is 7.88. The number of hydrogen-bond acceptors (Lipinski definition) is 7. The molecule has 1 aromatic heterocycles. The molecule has 2 N–H and O–H groups in total. The van der Waals surface area contributed by atoms with Crippen LogP contribution >= 0.6 is 39.0 Å². The Morgan fingerprint density at radius 1 is 1.00 bits per heavy atom. The molecule has 40 heavy (non-hydrogen) atoms. The number of nitrogens with zero attached hydrogens (tertiary/aromatic N) is 1. The average Bonchev–Trinajstić information content (AvgIpc) is 3.44. The van der Waals surface area contributed by atoms with Gasteiger partial charge in [-0.05, 0) is 48.9 Å². The van der Waals surface area contributed by atoms with E-state index in [-0.39, 0.29) is 29.2 Å². The quantitative estimate of drug-likeness (QED) is 0.278. The summed E-state index contributed by atoms with van der Waals surface area (Å²) in [5.74, 6) is -1.97. The first-order valence-corrected chi connectivity index (χ1v) is 14.9. The van der Waals surface area contributed by atoms with Crippen LogP contribution in [0, 0.1) is 12.8 Å². The maximum atomic E-state index is 13.9. The molecule has 4 aromatic rings. The van der Waals surface area contributed by atoms with Gasteiger partial charge in [0.15, 0.2) is 6.61 Å². The Kier molecular flexibility index (Phi) is 7.11. The molecule has 0 saturated carbocycles. The number of para-hydroxylation sites is 2. The maximum Gasteiger partial charge on any atom is 0.305 e. The van der Waals surface area contributed by atoms with E-state index in [0.717, 1.165) is 21.4 Å². The molecular weight excluding hydrogens is 614 g/mol. The van der Waals surface area contributed by atoms with Gasteiger partial charge in [0.25, 0.3) is 5.91 Å². The van der Waals surface area contributed by atoms with Crippen molar-refractivity contribution in [3.63, 3.8) is 0 Å². The van der Waals surface area contributed by atoms with Crippen LogP contribution in [0.5, 0.6) is 5.75 Å². The maximum absolute atomic E-state index is 13.9. The Balaban J connectivity index is 1.34. The van der Waals surface area contributed by atoms with Gasteiger partial charge >= 0.3 is 4.87 Å². The Hall–Kier alpha value is -3.67. The van der Waals surface area contributed by atoms with Crippen molar-refractivity contribution in [2.75, 3.05) is 16.8 Å². The van der Waals surface area contributed by atoms with Crippen LogP contribution in [0.15, 0.2) is 87.1 Å². The SMILES string of the molecule is Cc1ccccc1NC(=O)COc1ccccc1[C@@H]1c2sc(=O)[nH]c2S[C@H]2C(=O)N(c3ccc(Br)cc3)C(=O)[C@@H]12. The van der Waals surface area contributed by atoms with Gasteiger partial charge in [-0.3, -0.25) is 19.2 Å². The van der Waals surface area contributed by atoms with Gasteiger partial charge in [-0.2, -0.15) is 0 Å². The number of imide groups is 1. The number of amides is 3. The highest BCUT2D eigenvalue weighted by atomic mass is 79.9. The lowest BCUT2D eigenvalue weighted by atomic mass is 9.82. The summed E-state index contributed by atoms with van der Waals surface area (Å²) in [5, 5.41) is 2.71. The second-order valence-electron chi connectivity index (χ2n) is 9.43. The minimum Gasteiger partial charge on any atom is -0.483 e. The zero-order chi connectivity index (χ0) is 28.0. The average molecular weight is 637 g/mol. The van der Waals surface area contributed by atoms with Crippen LogP contribution in [0.3, 0.4) is 0 Å². The fourth-order valence-electron chi connectivity index (χ4n) is 5.11. The molecule has 2 aliphatic heterocycles. The molecular formula is C29H22BrN3O5S2. The van der Waals surface area contributed by atoms with Crippen molar-refractivity contribution < 1.29 is 19.1 Å². The number of aromatic nitrogens is 1. The highest BCUT2D eigenvalue weighted by Gasteiger charge is 2.56. The molecule has 6 rings (SSSR count). The standard InChI is InChI=1S/C29H22BrN3O5S2/c1-15-6-2-4-8-19(15)31-21(34)14-38-20-9-5-3-7-18(20)22-23-25(39-26-24(22)40-29(37)32-26)28(36)33(27(23)35)17-12-10-16(30)11-13-17/h2-13,22-23,25H,14H2,1H3,(H,31,34)(H,32,37)/t22-,23-,25+/m0/s1. The van der Waals surface area contributed by atoms with E-state index in [1.54, 1.807) is 36.4 Å². The number of anilines is 2. The van der Waals surface area contributed by atoms with E-state index in [2.05, 4.69) is 26.2 Å². The molecule has 8 nitrogen and oxygen atoms in total. The van der Waals surface area contributed by atoms with E-state index in [1.807, 2.05) is 43.3 Å². The van der Waals surface area contributed by atoms with Crippen LogP contribution in [0.2, 0.25) is 0 Å². The topological polar surface area (TPSA) is 109 Å². The predicted octanol–water partition coefficient (Wildman–Crippen LogP) is 5.32. The predicted molar refractivity (Wildman–Crippen MR) is 158 cm³/mol. The number of ether oxygens (including phenoxy) is 1. The number of carbonyl (C=O) groups is 3. The molecule has 0 spiro atoms. The summed E-state index contributed by atoms with van der Waals surface area (Å²) in [4.78, 5) is 57.2. The number of thiazole rings is 1. The van der Waals surface area contributed by atoms with E-state index in [4.69, 9.17) is 4.74 Å². The van der Waals surface area contributed by atoms with E-state index in [0.29, 0.717) is 32.6 Å². The third kappa shape index (κ3) is 4.78. The van der Waals surface area contributed by atoms with E-state index in [9.17, 15) is 19.2 Å². The molecule has 3 aromatic carbocycles.